The van der Waals surface area contributed by atoms with E-state index in [1.165, 1.54) is 14.2 Å². The number of carbonyl (C=O) groups excluding carboxylic acids is 4. The summed E-state index contributed by atoms with van der Waals surface area (Å²) in [4.78, 5) is 56.6. The summed E-state index contributed by atoms with van der Waals surface area (Å²) in [6, 6.07) is 1.54. The van der Waals surface area contributed by atoms with Gasteiger partial charge in [-0.2, -0.15) is 0 Å². The molecule has 12 heteroatoms. The van der Waals surface area contributed by atoms with Gasteiger partial charge in [-0.3, -0.25) is 4.79 Å². The van der Waals surface area contributed by atoms with E-state index in [0.717, 1.165) is 18.4 Å². The van der Waals surface area contributed by atoms with Crippen molar-refractivity contribution >= 4 is 30.6 Å². The van der Waals surface area contributed by atoms with Gasteiger partial charge in [-0.05, 0) is 11.8 Å². The number of rotatable bonds is 17. The fraction of sp³-hybridized carbons (Fsp3) is 0.727. The first-order valence-electron chi connectivity index (χ1n) is 16.1. The second kappa shape index (κ2) is 18.4. The molecule has 252 valence electrons. The van der Waals surface area contributed by atoms with Gasteiger partial charge in [0.1, 0.15) is 0 Å². The number of hydrogen-bond donors (Lipinski definition) is 2. The maximum absolute atomic E-state index is 13.9. The molecule has 0 aliphatic carbocycles. The van der Waals surface area contributed by atoms with Crippen molar-refractivity contribution in [3.8, 4) is 0 Å². The summed E-state index contributed by atoms with van der Waals surface area (Å²) in [6.45, 7) is 12.0. The molecular formula is C33H55BN4O7. The van der Waals surface area contributed by atoms with E-state index in [-0.39, 0.29) is 54.5 Å². The molecule has 2 heterocycles. The first-order chi connectivity index (χ1) is 21.3. The maximum Gasteiger partial charge on any atom is 0.239 e. The molecule has 0 saturated carbocycles. The Kier molecular flexibility index (Phi) is 15.6. The molecule has 1 aliphatic rings. The first-order valence-corrected chi connectivity index (χ1v) is 16.1. The molecule has 2 rings (SSSR count). The third-order valence-electron chi connectivity index (χ3n) is 9.35. The molecular weight excluding hydrogens is 575 g/mol. The van der Waals surface area contributed by atoms with Gasteiger partial charge in [0.05, 0.1) is 18.2 Å². The molecule has 1 aromatic heterocycles. The first kappa shape index (κ1) is 38.4. The molecule has 0 aromatic carbocycles. The second-order valence-corrected chi connectivity index (χ2v) is 12.6. The molecule has 8 unspecified atom stereocenters. The van der Waals surface area contributed by atoms with Crippen LogP contribution < -0.4 is 11.1 Å². The molecule has 1 aliphatic heterocycles. The average molecular weight is 631 g/mol. The van der Waals surface area contributed by atoms with Crippen molar-refractivity contribution in [2.24, 2.45) is 23.5 Å². The van der Waals surface area contributed by atoms with E-state index >= 15 is 0 Å². The van der Waals surface area contributed by atoms with Gasteiger partial charge < -0.3 is 15.4 Å². The van der Waals surface area contributed by atoms with Crippen LogP contribution in [0.3, 0.4) is 0 Å². The predicted octanol–water partition coefficient (Wildman–Crippen LogP) is 2.13. The van der Waals surface area contributed by atoms with Gasteiger partial charge in [-0.15, -0.1) is 0 Å². The van der Waals surface area contributed by atoms with Crippen LogP contribution >= 0.6 is 0 Å². The van der Waals surface area contributed by atoms with E-state index in [1.807, 2.05) is 58.7 Å². The van der Waals surface area contributed by atoms with Crippen LogP contribution in [-0.2, 0) is 39.8 Å². The Morgan fingerprint density at radius 1 is 1.13 bits per heavy atom. The molecule has 0 bridgehead atoms. The number of ether oxygens (including phenoxy) is 3. The van der Waals surface area contributed by atoms with E-state index in [0.29, 0.717) is 13.0 Å². The number of likely N-dealkylation sites (tertiary alicyclic amines) is 1. The molecule has 1 fully saturated rings. The van der Waals surface area contributed by atoms with Gasteiger partial charge >= 0.3 is 166 Å². The zero-order valence-corrected chi connectivity index (χ0v) is 28.7. The van der Waals surface area contributed by atoms with Crippen molar-refractivity contribution in [3.05, 3.63) is 29.6 Å². The monoisotopic (exact) mass is 630 g/mol. The van der Waals surface area contributed by atoms with Gasteiger partial charge in [0.15, 0.2) is 0 Å². The van der Waals surface area contributed by atoms with Crippen molar-refractivity contribution in [2.45, 2.75) is 103 Å². The summed E-state index contributed by atoms with van der Waals surface area (Å²) in [6.07, 6.45) is 1.40. The maximum atomic E-state index is 13.9. The minimum Gasteiger partial charge on any atom is -0.379 e. The Bertz CT molecular complexity index is 1110. The van der Waals surface area contributed by atoms with Crippen molar-refractivity contribution in [1.29, 1.82) is 0 Å². The van der Waals surface area contributed by atoms with E-state index in [1.54, 1.807) is 30.9 Å². The van der Waals surface area contributed by atoms with E-state index < -0.39 is 36.2 Å². The molecule has 0 spiro atoms. The van der Waals surface area contributed by atoms with Gasteiger partial charge in [0.25, 0.3) is 0 Å². The summed E-state index contributed by atoms with van der Waals surface area (Å²) < 4.78 is 16.7. The number of amides is 3. The van der Waals surface area contributed by atoms with Gasteiger partial charge in [0, 0.05) is 14.2 Å². The van der Waals surface area contributed by atoms with Crippen LogP contribution in [0.4, 0.5) is 0 Å². The number of methoxy groups -OCH3 is 3. The summed E-state index contributed by atoms with van der Waals surface area (Å²) in [5.74, 6) is 1.93. The molecule has 11 nitrogen and oxygen atoms in total. The number of hydrogen-bond acceptors (Lipinski definition) is 8. The van der Waals surface area contributed by atoms with Crippen LogP contribution in [0.1, 0.15) is 65.9 Å². The Morgan fingerprint density at radius 3 is 2.36 bits per heavy atom. The largest absolute Gasteiger partial charge is 0.379 e. The standard InChI is InChI=1S/C33H55BN4O7/c1-10-21(4)29(37(6)32(41)28(35)20(2)3)26(43-7)18-27(39)38-16-12-14-25(38)30(44-8)22(5)31(40)36-24(33(42)45-9)17-23-13-11-15-34-19-23/h11,13,15,19-22,24-26,28-30H,10,12,14,16-18,35H2,1-9H3,(H,36,40). The Morgan fingerprint density at radius 2 is 1.82 bits per heavy atom. The second-order valence-electron chi connectivity index (χ2n) is 12.6. The molecule has 0 radical (unpaired) electrons. The zero-order chi connectivity index (χ0) is 33.8. The molecule has 45 heavy (non-hydrogen) atoms. The topological polar surface area (TPSA) is 141 Å². The summed E-state index contributed by atoms with van der Waals surface area (Å²) in [5.41, 5.74) is 7.10. The van der Waals surface area contributed by atoms with Gasteiger partial charge in [0.2, 0.25) is 5.91 Å². The predicted molar refractivity (Wildman–Crippen MR) is 174 cm³/mol. The number of nitrogens with zero attached hydrogens (tertiary/aromatic N) is 2. The third kappa shape index (κ3) is 10.1. The van der Waals surface area contributed by atoms with Crippen molar-refractivity contribution in [2.75, 3.05) is 34.9 Å². The zero-order valence-electron chi connectivity index (χ0n) is 28.7. The fourth-order valence-electron chi connectivity index (χ4n) is 6.31. The number of esters is 1. The molecule has 1 aromatic rings. The number of nitrogens with one attached hydrogen (secondary N) is 1. The molecule has 8 atom stereocenters. The normalized spacial score (nSPS) is 19.5. The smallest absolute Gasteiger partial charge is 0.239 e. The Labute approximate surface area is 270 Å². The van der Waals surface area contributed by atoms with E-state index in [4.69, 9.17) is 19.9 Å². The Balaban J connectivity index is 2.22. The summed E-state index contributed by atoms with van der Waals surface area (Å²) in [5, 5.41) is 2.85. The van der Waals surface area contributed by atoms with E-state index in [9.17, 15) is 19.2 Å². The SMILES string of the molecule is CCC(C)C(C(CC(=O)N1CCCC1C(OC)C(C)C(=O)NC(Cc1cbccc1)C(=O)OC)OC)N(C)C(=O)C(N)C(C)C. The number of nitrogens with two attached hydrogens (primary N) is 1. The van der Waals surface area contributed by atoms with Crippen LogP contribution in [0.25, 0.3) is 0 Å². The summed E-state index contributed by atoms with van der Waals surface area (Å²) in [7, 11) is 6.12. The minimum atomic E-state index is -0.866. The third-order valence-corrected chi connectivity index (χ3v) is 9.35. The number of carbonyl (C=O) groups is 4. The fourth-order valence-corrected chi connectivity index (χ4v) is 6.31. The van der Waals surface area contributed by atoms with Crippen molar-refractivity contribution < 1.29 is 33.4 Å². The quantitative estimate of drug-likeness (QED) is 0.250. The molecule has 3 N–H and O–H groups in total. The van der Waals surface area contributed by atoms with Crippen molar-refractivity contribution in [3.63, 3.8) is 0 Å². The average Bonchev–Trinajstić information content (AvgIpc) is 3.52. The van der Waals surface area contributed by atoms with Crippen LogP contribution in [0, 0.1) is 17.8 Å². The number of likely N-dealkylation sites (N-methyl/N-ethyl adjacent to an activating group) is 1. The van der Waals surface area contributed by atoms with E-state index in [2.05, 4.69) is 5.32 Å². The Hall–Kier alpha value is -2.83. The minimum absolute atomic E-state index is 0.0306. The van der Waals surface area contributed by atoms with Crippen LogP contribution in [-0.4, -0.2) is 112 Å². The molecule has 1 saturated heterocycles. The van der Waals surface area contributed by atoms with Crippen molar-refractivity contribution in [1.82, 2.24) is 15.1 Å². The van der Waals surface area contributed by atoms with Gasteiger partial charge in [-0.1, -0.05) is 34.1 Å². The van der Waals surface area contributed by atoms with Gasteiger partial charge in [-0.25, -0.2) is 0 Å². The van der Waals surface area contributed by atoms with Crippen LogP contribution in [0.5, 0.6) is 0 Å². The van der Waals surface area contributed by atoms with Crippen LogP contribution in [0.15, 0.2) is 24.1 Å². The molecule has 3 amide bonds. The van der Waals surface area contributed by atoms with Crippen LogP contribution in [0.2, 0.25) is 0 Å². The summed E-state index contributed by atoms with van der Waals surface area (Å²) >= 11 is 0.